The van der Waals surface area contributed by atoms with Crippen molar-refractivity contribution < 1.29 is 9.53 Å². The van der Waals surface area contributed by atoms with Gasteiger partial charge in [-0.2, -0.15) is 4.37 Å². The number of anilines is 2. The first-order valence-corrected chi connectivity index (χ1v) is 14.7. The van der Waals surface area contributed by atoms with E-state index in [-0.39, 0.29) is 11.8 Å². The van der Waals surface area contributed by atoms with E-state index in [9.17, 15) is 4.79 Å². The van der Waals surface area contributed by atoms with Crippen LogP contribution < -0.4 is 10.1 Å². The van der Waals surface area contributed by atoms with Crippen molar-refractivity contribution in [3.05, 3.63) is 72.1 Å². The van der Waals surface area contributed by atoms with Gasteiger partial charge in [0.2, 0.25) is 11.0 Å². The van der Waals surface area contributed by atoms with Gasteiger partial charge in [0, 0.05) is 65.7 Å². The van der Waals surface area contributed by atoms with Crippen LogP contribution in [0.25, 0.3) is 10.2 Å². The van der Waals surface area contributed by atoms with Crippen LogP contribution in [0.3, 0.4) is 0 Å². The molecule has 4 aromatic heterocycles. The molecule has 5 aromatic rings. The van der Waals surface area contributed by atoms with Crippen LogP contribution >= 0.6 is 34.6 Å². The van der Waals surface area contributed by atoms with Crippen molar-refractivity contribution >= 4 is 61.7 Å². The van der Waals surface area contributed by atoms with Crippen LogP contribution in [0.15, 0.2) is 76.1 Å². The van der Waals surface area contributed by atoms with E-state index in [1.165, 1.54) is 11.5 Å². The Bertz CT molecular complexity index is 1570. The van der Waals surface area contributed by atoms with Crippen molar-refractivity contribution in [2.45, 2.75) is 35.5 Å². The Labute approximate surface area is 232 Å². The fourth-order valence-electron chi connectivity index (χ4n) is 4.35. The van der Waals surface area contributed by atoms with E-state index in [0.717, 1.165) is 45.2 Å². The Kier molecular flexibility index (Phi) is 7.21. The largest absolute Gasteiger partial charge is 0.453 e. The standard InChI is InChI=1S/C27H24N6O2S3/c1-17(34)33-12-5-6-18(16-33)25-30-27(38-32-25)31-26-22(35-19-7-3-2-4-8-19)14-20(15-29-26)37-23-9-11-28-21-10-13-36-24(21)23/h2-4,7-11,13-15,18H,5-6,12,16H2,1H3,(H,29,30,31,32). The summed E-state index contributed by atoms with van der Waals surface area (Å²) in [5.41, 5.74) is 0.989. The molecule has 1 saturated heterocycles. The lowest BCUT2D eigenvalue weighted by Crippen LogP contribution is -2.37. The highest BCUT2D eigenvalue weighted by molar-refractivity contribution is 7.99. The van der Waals surface area contributed by atoms with Gasteiger partial charge in [0.1, 0.15) is 11.6 Å². The number of rotatable bonds is 7. The average Bonchev–Trinajstić information content (AvgIpc) is 3.61. The van der Waals surface area contributed by atoms with E-state index in [1.54, 1.807) is 30.0 Å². The summed E-state index contributed by atoms with van der Waals surface area (Å²) in [7, 11) is 0. The summed E-state index contributed by atoms with van der Waals surface area (Å²) in [6.45, 7) is 3.07. The Morgan fingerprint density at radius 1 is 1.18 bits per heavy atom. The molecule has 1 aliphatic heterocycles. The third kappa shape index (κ3) is 5.50. The van der Waals surface area contributed by atoms with Crippen molar-refractivity contribution in [3.63, 3.8) is 0 Å². The molecule has 11 heteroatoms. The van der Waals surface area contributed by atoms with Gasteiger partial charge in [0.25, 0.3) is 0 Å². The second-order valence-electron chi connectivity index (χ2n) is 8.87. The monoisotopic (exact) mass is 560 g/mol. The zero-order valence-corrected chi connectivity index (χ0v) is 23.0. The Hall–Kier alpha value is -3.54. The minimum atomic E-state index is 0.0970. The van der Waals surface area contributed by atoms with E-state index in [0.29, 0.717) is 29.0 Å². The molecule has 1 aromatic carbocycles. The highest BCUT2D eigenvalue weighted by Crippen LogP contribution is 2.39. The molecular weight excluding hydrogens is 537 g/mol. The van der Waals surface area contributed by atoms with Gasteiger partial charge in [0.15, 0.2) is 11.6 Å². The van der Waals surface area contributed by atoms with E-state index >= 15 is 0 Å². The van der Waals surface area contributed by atoms with Gasteiger partial charge in [-0.05, 0) is 42.5 Å². The number of aromatic nitrogens is 4. The SMILES string of the molecule is CC(=O)N1CCCC(c2nsc(Nc3ncc(Sc4ccnc5ccsc45)cc3Oc3ccccc3)n2)C1. The average molecular weight is 561 g/mol. The molecule has 38 heavy (non-hydrogen) atoms. The van der Waals surface area contributed by atoms with Crippen molar-refractivity contribution in [2.75, 3.05) is 18.4 Å². The second kappa shape index (κ2) is 11.1. The van der Waals surface area contributed by atoms with E-state index < -0.39 is 0 Å². The minimum absolute atomic E-state index is 0.0970. The van der Waals surface area contributed by atoms with Gasteiger partial charge >= 0.3 is 0 Å². The predicted octanol–water partition coefficient (Wildman–Crippen LogP) is 6.96. The molecule has 6 rings (SSSR count). The van der Waals surface area contributed by atoms with Crippen LogP contribution in [0.5, 0.6) is 11.5 Å². The number of nitrogens with one attached hydrogen (secondary N) is 1. The number of amides is 1. The number of thiophene rings is 1. The molecule has 1 atom stereocenters. The first-order valence-electron chi connectivity index (χ1n) is 12.2. The molecular formula is C27H24N6O2S3. The molecule has 0 spiro atoms. The number of likely N-dealkylation sites (tertiary alicyclic amines) is 1. The maximum Gasteiger partial charge on any atom is 0.219 e. The minimum Gasteiger partial charge on any atom is -0.453 e. The first kappa shape index (κ1) is 24.8. The van der Waals surface area contributed by atoms with Crippen LogP contribution in [0.1, 0.15) is 31.5 Å². The molecule has 1 unspecified atom stereocenters. The van der Waals surface area contributed by atoms with Crippen molar-refractivity contribution in [1.29, 1.82) is 0 Å². The number of para-hydroxylation sites is 1. The quantitative estimate of drug-likeness (QED) is 0.228. The fourth-order valence-corrected chi connectivity index (χ4v) is 6.88. The summed E-state index contributed by atoms with van der Waals surface area (Å²) in [5.74, 6) is 2.87. The normalized spacial score (nSPS) is 15.5. The molecule has 5 heterocycles. The maximum atomic E-state index is 11.9. The number of pyridine rings is 2. The molecule has 0 bridgehead atoms. The number of fused-ring (bicyclic) bond motifs is 1. The molecule has 0 saturated carbocycles. The lowest BCUT2D eigenvalue weighted by molar-refractivity contribution is -0.130. The summed E-state index contributed by atoms with van der Waals surface area (Å²) >= 11 is 4.60. The number of piperidine rings is 1. The third-order valence-electron chi connectivity index (χ3n) is 6.23. The Balaban J connectivity index is 1.26. The molecule has 0 radical (unpaired) electrons. The number of benzene rings is 1. The van der Waals surface area contributed by atoms with Gasteiger partial charge in [-0.15, -0.1) is 11.3 Å². The maximum absolute atomic E-state index is 11.9. The molecule has 8 nitrogen and oxygen atoms in total. The van der Waals surface area contributed by atoms with Crippen LogP contribution in [0.4, 0.5) is 10.9 Å². The van der Waals surface area contributed by atoms with Gasteiger partial charge in [-0.1, -0.05) is 30.0 Å². The van der Waals surface area contributed by atoms with Crippen LogP contribution in [-0.4, -0.2) is 43.2 Å². The highest BCUT2D eigenvalue weighted by atomic mass is 32.2. The van der Waals surface area contributed by atoms with E-state index in [2.05, 4.69) is 20.1 Å². The molecule has 1 aliphatic rings. The molecule has 1 N–H and O–H groups in total. The van der Waals surface area contributed by atoms with Crippen molar-refractivity contribution in [2.24, 2.45) is 0 Å². The Morgan fingerprint density at radius 2 is 2.08 bits per heavy atom. The first-order chi connectivity index (χ1) is 18.6. The summed E-state index contributed by atoms with van der Waals surface area (Å²) in [5, 5.41) is 6.01. The lowest BCUT2D eigenvalue weighted by atomic mass is 9.97. The zero-order chi connectivity index (χ0) is 25.9. The third-order valence-corrected chi connectivity index (χ3v) is 8.96. The van der Waals surface area contributed by atoms with Crippen LogP contribution in [-0.2, 0) is 4.79 Å². The van der Waals surface area contributed by atoms with Gasteiger partial charge in [-0.25, -0.2) is 9.97 Å². The molecule has 1 fully saturated rings. The summed E-state index contributed by atoms with van der Waals surface area (Å²) in [4.78, 5) is 29.7. The van der Waals surface area contributed by atoms with Crippen molar-refractivity contribution in [3.8, 4) is 11.5 Å². The molecule has 1 amide bonds. The number of hydrogen-bond acceptors (Lipinski definition) is 10. The van der Waals surface area contributed by atoms with Crippen LogP contribution in [0.2, 0.25) is 0 Å². The lowest BCUT2D eigenvalue weighted by Gasteiger charge is -2.30. The molecule has 0 aliphatic carbocycles. The fraction of sp³-hybridized carbons (Fsp3) is 0.222. The zero-order valence-electron chi connectivity index (χ0n) is 20.5. The number of nitrogens with zero attached hydrogens (tertiary/aromatic N) is 5. The molecule has 192 valence electrons. The predicted molar refractivity (Wildman–Crippen MR) is 152 cm³/mol. The second-order valence-corrected chi connectivity index (χ2v) is 11.6. The summed E-state index contributed by atoms with van der Waals surface area (Å²) < 4.78 is 12.0. The van der Waals surface area contributed by atoms with Gasteiger partial charge < -0.3 is 15.0 Å². The Morgan fingerprint density at radius 3 is 2.95 bits per heavy atom. The van der Waals surface area contributed by atoms with Crippen LogP contribution in [0, 0.1) is 0 Å². The highest BCUT2D eigenvalue weighted by Gasteiger charge is 2.26. The smallest absolute Gasteiger partial charge is 0.219 e. The number of carbonyl (C=O) groups excluding carboxylic acids is 1. The van der Waals surface area contributed by atoms with Crippen molar-refractivity contribution in [1.82, 2.24) is 24.2 Å². The van der Waals surface area contributed by atoms with E-state index in [4.69, 9.17) is 14.7 Å². The number of ether oxygens (including phenoxy) is 1. The number of carbonyl (C=O) groups is 1. The number of hydrogen-bond donors (Lipinski definition) is 1. The van der Waals surface area contributed by atoms with Gasteiger partial charge in [-0.3, -0.25) is 9.78 Å². The summed E-state index contributed by atoms with van der Waals surface area (Å²) in [6.07, 6.45) is 5.59. The topological polar surface area (TPSA) is 93.1 Å². The summed E-state index contributed by atoms with van der Waals surface area (Å²) in [6, 6.07) is 15.7. The van der Waals surface area contributed by atoms with Gasteiger partial charge in [0.05, 0.1) is 10.2 Å². The van der Waals surface area contributed by atoms with E-state index in [1.807, 2.05) is 65.8 Å².